The zero-order valence-corrected chi connectivity index (χ0v) is 5.35. The Hall–Kier alpha value is -1.76. The summed E-state index contributed by atoms with van der Waals surface area (Å²) in [5, 5.41) is 3.57. The number of hydrogen-bond acceptors (Lipinski definition) is 5. The second kappa shape index (κ2) is 5.06. The minimum atomic E-state index is -1.14. The Morgan fingerprint density at radius 2 is 1.36 bits per heavy atom. The summed E-state index contributed by atoms with van der Waals surface area (Å²) in [5.74, 6) is 0. The zero-order chi connectivity index (χ0) is 8.69. The van der Waals surface area contributed by atoms with Crippen LogP contribution in [0, 0.1) is 0 Å². The average molecular weight is 160 g/mol. The second-order valence-electron chi connectivity index (χ2n) is 1.08. The topological polar surface area (TPSA) is 86.5 Å². The minimum Gasteiger partial charge on any atom is -0.234 e. The molecule has 0 radical (unpaired) electrons. The van der Waals surface area contributed by atoms with Gasteiger partial charge >= 0.3 is 12.2 Å². The first kappa shape index (κ1) is 9.24. The summed E-state index contributed by atoms with van der Waals surface area (Å²) in [4.78, 5) is 32.9. The van der Waals surface area contributed by atoms with E-state index in [0.717, 1.165) is 0 Å². The third-order valence-corrected chi connectivity index (χ3v) is 0.469. The van der Waals surface area contributed by atoms with Gasteiger partial charge in [0.25, 0.3) is 0 Å². The van der Waals surface area contributed by atoms with E-state index in [4.69, 9.17) is 0 Å². The molecule has 0 heterocycles. The van der Waals surface area contributed by atoms with Gasteiger partial charge in [-0.1, -0.05) is 0 Å². The number of hydrogen-bond donors (Lipinski definition) is 0. The van der Waals surface area contributed by atoms with E-state index in [-0.39, 0.29) is 0 Å². The fourth-order valence-electron chi connectivity index (χ4n) is 0.128. The van der Waals surface area contributed by atoms with Crippen molar-refractivity contribution < 1.29 is 24.4 Å². The molecule has 0 spiro atoms. The normalized spacial score (nSPS) is 8.00. The Labute approximate surface area is 61.1 Å². The first-order chi connectivity index (χ1) is 5.20. The van der Waals surface area contributed by atoms with E-state index >= 15 is 0 Å². The lowest BCUT2D eigenvalue weighted by molar-refractivity contribution is -0.444. The maximum Gasteiger partial charge on any atom is 0.467 e. The molecule has 7 nitrogen and oxygen atoms in total. The average Bonchev–Trinajstić information content (AvgIpc) is 2.04. The summed E-state index contributed by atoms with van der Waals surface area (Å²) in [5.41, 5.74) is 0. The predicted molar refractivity (Wildman–Crippen MR) is 33.1 cm³/mol. The summed E-state index contributed by atoms with van der Waals surface area (Å²) in [6.07, 6.45) is -2.27. The summed E-state index contributed by atoms with van der Waals surface area (Å²) in [7, 11) is 0. The molecule has 0 aromatic heterocycles. The molecular weight excluding hydrogens is 156 g/mol. The van der Waals surface area contributed by atoms with Gasteiger partial charge in [0.1, 0.15) is 0 Å². The number of carbonyl (C=O) groups is 2. The van der Waals surface area contributed by atoms with Crippen molar-refractivity contribution in [2.75, 3.05) is 0 Å². The minimum absolute atomic E-state index is 1.14. The Balaban J connectivity index is 3.41. The molecule has 7 heteroatoms. The quantitative estimate of drug-likeness (QED) is 0.333. The smallest absolute Gasteiger partial charge is 0.234 e. The van der Waals surface area contributed by atoms with Crippen LogP contribution in [-0.4, -0.2) is 25.6 Å². The maximum atomic E-state index is 10.1. The van der Waals surface area contributed by atoms with Gasteiger partial charge in [0, 0.05) is 0 Å². The van der Waals surface area contributed by atoms with Crippen molar-refractivity contribution in [2.45, 2.75) is 0 Å². The van der Waals surface area contributed by atoms with E-state index in [2.05, 4.69) is 38.2 Å². The summed E-state index contributed by atoms with van der Waals surface area (Å²) >= 11 is 0. The highest BCUT2D eigenvalue weighted by molar-refractivity contribution is 5.73. The zero-order valence-electron chi connectivity index (χ0n) is 5.35. The van der Waals surface area contributed by atoms with Gasteiger partial charge in [-0.15, -0.1) is 0 Å². The Bertz CT molecular complexity index is 169. The lowest BCUT2D eigenvalue weighted by Gasteiger charge is -1.93. The van der Waals surface area contributed by atoms with Gasteiger partial charge in [0.05, 0.1) is 5.04 Å². The van der Waals surface area contributed by atoms with Crippen molar-refractivity contribution in [1.29, 1.82) is 0 Å². The third kappa shape index (κ3) is 4.73. The van der Waals surface area contributed by atoms with Gasteiger partial charge in [-0.3, -0.25) is 0 Å². The standard InChI is InChI=1S/C4H4N2O5/c1-5-3(7)9-11-10-4(8)6-2/h1-2H2. The molecule has 0 fully saturated rings. The molecule has 0 aromatic carbocycles. The van der Waals surface area contributed by atoms with Crippen LogP contribution in [0.5, 0.6) is 0 Å². The van der Waals surface area contributed by atoms with Crippen LogP contribution in [0.25, 0.3) is 0 Å². The van der Waals surface area contributed by atoms with E-state index in [1.165, 1.54) is 0 Å². The van der Waals surface area contributed by atoms with Gasteiger partial charge in [0.15, 0.2) is 0 Å². The van der Waals surface area contributed by atoms with Gasteiger partial charge in [0.2, 0.25) is 0 Å². The van der Waals surface area contributed by atoms with Gasteiger partial charge in [-0.25, -0.2) is 19.4 Å². The number of amides is 2. The molecule has 0 atom stereocenters. The van der Waals surface area contributed by atoms with E-state index < -0.39 is 12.2 Å². The Morgan fingerprint density at radius 1 is 1.00 bits per heavy atom. The Morgan fingerprint density at radius 3 is 1.64 bits per heavy atom. The highest BCUT2D eigenvalue weighted by Crippen LogP contribution is 1.88. The lowest BCUT2D eigenvalue weighted by atomic mass is 11.2. The number of rotatable bonds is 2. The molecule has 0 aliphatic carbocycles. The molecule has 0 aromatic rings. The molecule has 0 unspecified atom stereocenters. The molecule has 0 saturated carbocycles. The molecule has 0 rings (SSSR count). The number of nitrogens with zero attached hydrogens (tertiary/aromatic N) is 2. The van der Waals surface area contributed by atoms with E-state index in [0.29, 0.717) is 0 Å². The molecule has 11 heavy (non-hydrogen) atoms. The van der Waals surface area contributed by atoms with Gasteiger partial charge in [-0.05, 0) is 13.4 Å². The molecule has 60 valence electrons. The van der Waals surface area contributed by atoms with Crippen molar-refractivity contribution in [3.63, 3.8) is 0 Å². The lowest BCUT2D eigenvalue weighted by Crippen LogP contribution is -2.04. The fourth-order valence-corrected chi connectivity index (χ4v) is 0.128. The summed E-state index contributed by atoms with van der Waals surface area (Å²) in [6.45, 7) is 5.60. The van der Waals surface area contributed by atoms with Crippen LogP contribution in [0.3, 0.4) is 0 Å². The molecule has 0 aliphatic rings. The van der Waals surface area contributed by atoms with E-state index in [1.54, 1.807) is 0 Å². The largest absolute Gasteiger partial charge is 0.467 e. The van der Waals surface area contributed by atoms with Crippen molar-refractivity contribution in [3.8, 4) is 0 Å². The highest BCUT2D eigenvalue weighted by atomic mass is 17.5. The van der Waals surface area contributed by atoms with Crippen LogP contribution in [-0.2, 0) is 14.8 Å². The third-order valence-electron chi connectivity index (χ3n) is 0.469. The van der Waals surface area contributed by atoms with Crippen molar-refractivity contribution >= 4 is 25.6 Å². The first-order valence-electron chi connectivity index (χ1n) is 2.23. The fraction of sp³-hybridized carbons (Fsp3) is 0. The van der Waals surface area contributed by atoms with Crippen molar-refractivity contribution in [1.82, 2.24) is 0 Å². The molecule has 0 bridgehead atoms. The summed E-state index contributed by atoms with van der Waals surface area (Å²) in [6, 6.07) is 0. The first-order valence-corrected chi connectivity index (χ1v) is 2.23. The van der Waals surface area contributed by atoms with Crippen LogP contribution in [0.15, 0.2) is 9.98 Å². The SMILES string of the molecule is C=NC(=O)OOOC(=O)N=C. The molecular formula is C4H4N2O5. The van der Waals surface area contributed by atoms with Crippen LogP contribution >= 0.6 is 0 Å². The molecule has 0 aliphatic heterocycles. The molecule has 2 amide bonds. The second-order valence-corrected chi connectivity index (χ2v) is 1.08. The van der Waals surface area contributed by atoms with E-state index in [1.807, 2.05) is 0 Å². The highest BCUT2D eigenvalue weighted by Gasteiger charge is 2.02. The van der Waals surface area contributed by atoms with Crippen molar-refractivity contribution in [3.05, 3.63) is 0 Å². The summed E-state index contributed by atoms with van der Waals surface area (Å²) < 4.78 is 0. The van der Waals surface area contributed by atoms with Crippen molar-refractivity contribution in [2.24, 2.45) is 9.98 Å². The molecule has 0 N–H and O–H groups in total. The van der Waals surface area contributed by atoms with Gasteiger partial charge < -0.3 is 0 Å². The Kier molecular flexibility index (Phi) is 4.25. The monoisotopic (exact) mass is 160 g/mol. The van der Waals surface area contributed by atoms with Crippen LogP contribution in [0.4, 0.5) is 9.59 Å². The molecule has 0 saturated heterocycles. The van der Waals surface area contributed by atoms with Crippen LogP contribution < -0.4 is 0 Å². The predicted octanol–water partition coefficient (Wildman–Crippen LogP) is 0.507. The number of aliphatic imine (C=N–C) groups is 2. The maximum absolute atomic E-state index is 10.1. The van der Waals surface area contributed by atoms with Gasteiger partial charge in [-0.2, -0.15) is 9.98 Å². The van der Waals surface area contributed by atoms with Crippen LogP contribution in [0.1, 0.15) is 0 Å². The van der Waals surface area contributed by atoms with Crippen LogP contribution in [0.2, 0.25) is 0 Å². The van der Waals surface area contributed by atoms with E-state index in [9.17, 15) is 9.59 Å². The number of carbonyl (C=O) groups excluding carboxylic acids is 2.